The number of nitrogens with one attached hydrogen (secondary N) is 1. The van der Waals surface area contributed by atoms with Crippen molar-refractivity contribution in [1.82, 2.24) is 10.2 Å². The smallest absolute Gasteiger partial charge is 0.249 e. The molecule has 1 amide bonds. The Bertz CT molecular complexity index is 597. The molecule has 0 unspecified atom stereocenters. The van der Waals surface area contributed by atoms with Crippen molar-refractivity contribution in [3.05, 3.63) is 35.1 Å². The van der Waals surface area contributed by atoms with Gasteiger partial charge in [-0.05, 0) is 43.5 Å². The highest BCUT2D eigenvalue weighted by atomic mass is 19.2. The number of likely N-dealkylation sites (tertiary alicyclic amines) is 1. The number of ether oxygens (including phenoxy) is 1. The molecule has 0 saturated carbocycles. The van der Waals surface area contributed by atoms with Crippen LogP contribution >= 0.6 is 0 Å². The van der Waals surface area contributed by atoms with Crippen molar-refractivity contribution in [2.24, 2.45) is 0 Å². The molecule has 4 nitrogen and oxygen atoms in total. The number of hydrogen-bond donors (Lipinski definition) is 1. The summed E-state index contributed by atoms with van der Waals surface area (Å²) in [5.41, 5.74) is 0.336. The van der Waals surface area contributed by atoms with Crippen LogP contribution in [0, 0.1) is 17.5 Å². The van der Waals surface area contributed by atoms with Gasteiger partial charge in [-0.1, -0.05) is 6.92 Å². The van der Waals surface area contributed by atoms with Crippen molar-refractivity contribution >= 4 is 5.91 Å². The second kappa shape index (κ2) is 7.11. The second-order valence-corrected chi connectivity index (χ2v) is 6.28. The number of amides is 1. The van der Waals surface area contributed by atoms with Crippen molar-refractivity contribution in [1.29, 1.82) is 0 Å². The Morgan fingerprint density at radius 1 is 1.29 bits per heavy atom. The van der Waals surface area contributed by atoms with Crippen LogP contribution in [0.5, 0.6) is 0 Å². The van der Waals surface area contributed by atoms with E-state index in [-0.39, 0.29) is 18.0 Å². The monoisotopic (exact) mass is 342 g/mol. The zero-order valence-electron chi connectivity index (χ0n) is 13.5. The maximum absolute atomic E-state index is 13.6. The average molecular weight is 342 g/mol. The van der Waals surface area contributed by atoms with E-state index in [0.29, 0.717) is 38.1 Å². The first-order valence-electron chi connectivity index (χ1n) is 8.31. The number of nitrogens with zero attached hydrogens (tertiary/aromatic N) is 1. The van der Waals surface area contributed by atoms with Gasteiger partial charge in [0, 0.05) is 19.2 Å². The highest BCUT2D eigenvalue weighted by Crippen LogP contribution is 2.33. The molecule has 2 aliphatic heterocycles. The van der Waals surface area contributed by atoms with E-state index in [0.717, 1.165) is 18.6 Å². The minimum absolute atomic E-state index is 0.191. The Balaban J connectivity index is 1.82. The second-order valence-electron chi connectivity index (χ2n) is 6.28. The molecule has 0 bridgehead atoms. The predicted molar refractivity (Wildman–Crippen MR) is 81.8 cm³/mol. The van der Waals surface area contributed by atoms with Gasteiger partial charge in [0.2, 0.25) is 5.91 Å². The molecule has 0 aromatic heterocycles. The number of likely N-dealkylation sites (N-methyl/N-ethyl adjacent to an activating group) is 1. The highest BCUT2D eigenvalue weighted by Gasteiger charge is 2.37. The van der Waals surface area contributed by atoms with Crippen LogP contribution in [0.2, 0.25) is 0 Å². The first-order chi connectivity index (χ1) is 11.5. The van der Waals surface area contributed by atoms with Gasteiger partial charge >= 0.3 is 0 Å². The fraction of sp³-hybridized carbons (Fsp3) is 0.588. The Morgan fingerprint density at radius 2 is 2.00 bits per heavy atom. The SMILES string of the molecule is CCN1CC[C@H](NC(=O)[C@@H]2CCCO2)[C@H]1c1cc(F)c(F)c(F)c1. The molecule has 0 radical (unpaired) electrons. The molecular formula is C17H21F3N2O2. The van der Waals surface area contributed by atoms with Crippen LogP contribution in [0.1, 0.15) is 37.8 Å². The molecule has 0 spiro atoms. The molecule has 24 heavy (non-hydrogen) atoms. The van der Waals surface area contributed by atoms with Gasteiger partial charge in [0.15, 0.2) is 17.5 Å². The van der Waals surface area contributed by atoms with E-state index < -0.39 is 23.6 Å². The van der Waals surface area contributed by atoms with Crippen LogP contribution < -0.4 is 5.32 Å². The molecule has 1 N–H and O–H groups in total. The van der Waals surface area contributed by atoms with Gasteiger partial charge in [-0.2, -0.15) is 0 Å². The molecule has 3 rings (SSSR count). The van der Waals surface area contributed by atoms with Gasteiger partial charge < -0.3 is 10.1 Å². The van der Waals surface area contributed by atoms with E-state index in [4.69, 9.17) is 4.74 Å². The Labute approximate surface area is 139 Å². The number of rotatable bonds is 4. The van der Waals surface area contributed by atoms with E-state index in [9.17, 15) is 18.0 Å². The zero-order chi connectivity index (χ0) is 17.3. The van der Waals surface area contributed by atoms with E-state index in [2.05, 4.69) is 5.32 Å². The summed E-state index contributed by atoms with van der Waals surface area (Å²) >= 11 is 0. The van der Waals surface area contributed by atoms with E-state index in [1.165, 1.54) is 0 Å². The third kappa shape index (κ3) is 3.28. The Morgan fingerprint density at radius 3 is 2.58 bits per heavy atom. The van der Waals surface area contributed by atoms with Gasteiger partial charge in [0.05, 0.1) is 6.04 Å². The van der Waals surface area contributed by atoms with Crippen molar-refractivity contribution in [3.63, 3.8) is 0 Å². The molecule has 7 heteroatoms. The van der Waals surface area contributed by atoms with Crippen molar-refractivity contribution < 1.29 is 22.7 Å². The summed E-state index contributed by atoms with van der Waals surface area (Å²) in [6.45, 7) is 3.87. The lowest BCUT2D eigenvalue weighted by molar-refractivity contribution is -0.131. The summed E-state index contributed by atoms with van der Waals surface area (Å²) in [6.07, 6.45) is 1.74. The quantitative estimate of drug-likeness (QED) is 0.855. The lowest BCUT2D eigenvalue weighted by Gasteiger charge is -2.29. The first-order valence-corrected chi connectivity index (χ1v) is 8.31. The van der Waals surface area contributed by atoms with Crippen LogP contribution in [0.4, 0.5) is 13.2 Å². The average Bonchev–Trinajstić information content (AvgIpc) is 3.21. The van der Waals surface area contributed by atoms with Crippen LogP contribution in [-0.2, 0) is 9.53 Å². The lowest BCUT2D eigenvalue weighted by Crippen LogP contribution is -2.44. The third-order valence-electron chi connectivity index (χ3n) is 4.81. The van der Waals surface area contributed by atoms with Crippen molar-refractivity contribution in [2.45, 2.75) is 44.4 Å². The Hall–Kier alpha value is -1.60. The summed E-state index contributed by atoms with van der Waals surface area (Å²) < 4.78 is 45.9. The molecule has 132 valence electrons. The topological polar surface area (TPSA) is 41.6 Å². The molecule has 0 aliphatic carbocycles. The summed E-state index contributed by atoms with van der Waals surface area (Å²) in [4.78, 5) is 14.3. The van der Waals surface area contributed by atoms with Crippen molar-refractivity contribution in [3.8, 4) is 0 Å². The van der Waals surface area contributed by atoms with Gasteiger partial charge in [0.25, 0.3) is 0 Å². The minimum atomic E-state index is -1.47. The fourth-order valence-corrected chi connectivity index (χ4v) is 3.61. The van der Waals surface area contributed by atoms with Gasteiger partial charge in [-0.3, -0.25) is 9.69 Å². The van der Waals surface area contributed by atoms with Crippen molar-refractivity contribution in [2.75, 3.05) is 19.7 Å². The largest absolute Gasteiger partial charge is 0.368 e. The van der Waals surface area contributed by atoms with E-state index in [1.54, 1.807) is 0 Å². The lowest BCUT2D eigenvalue weighted by atomic mass is 9.99. The summed E-state index contributed by atoms with van der Waals surface area (Å²) in [6, 6.07) is 1.36. The highest BCUT2D eigenvalue weighted by molar-refractivity contribution is 5.81. The summed E-state index contributed by atoms with van der Waals surface area (Å²) in [5.74, 6) is -4.09. The van der Waals surface area contributed by atoms with E-state index in [1.807, 2.05) is 11.8 Å². The van der Waals surface area contributed by atoms with Gasteiger partial charge in [-0.25, -0.2) is 13.2 Å². The predicted octanol–water partition coefficient (Wildman–Crippen LogP) is 2.53. The normalized spacial score (nSPS) is 27.6. The number of carbonyl (C=O) groups excluding carboxylic acids is 1. The maximum atomic E-state index is 13.6. The molecule has 2 aliphatic rings. The molecule has 3 atom stereocenters. The maximum Gasteiger partial charge on any atom is 0.249 e. The van der Waals surface area contributed by atoms with Crippen LogP contribution in [0.3, 0.4) is 0 Å². The standard InChI is InChI=1S/C17H21F3N2O2/c1-2-22-6-5-13(21-17(23)14-4-3-7-24-14)16(22)10-8-11(18)15(20)12(19)9-10/h8-9,13-14,16H,2-7H2,1H3,(H,21,23)/t13-,14-,16+/m0/s1. The first kappa shape index (κ1) is 17.2. The van der Waals surface area contributed by atoms with Gasteiger partial charge in [-0.15, -0.1) is 0 Å². The van der Waals surface area contributed by atoms with Crippen LogP contribution in [0.25, 0.3) is 0 Å². The number of hydrogen-bond acceptors (Lipinski definition) is 3. The van der Waals surface area contributed by atoms with E-state index >= 15 is 0 Å². The molecule has 1 aromatic rings. The fourth-order valence-electron chi connectivity index (χ4n) is 3.61. The van der Waals surface area contributed by atoms with Crippen LogP contribution in [-0.4, -0.2) is 42.6 Å². The van der Waals surface area contributed by atoms with Gasteiger partial charge in [0.1, 0.15) is 6.10 Å². The zero-order valence-corrected chi connectivity index (χ0v) is 13.5. The van der Waals surface area contributed by atoms with Crippen LogP contribution in [0.15, 0.2) is 12.1 Å². The molecule has 2 fully saturated rings. The molecule has 2 saturated heterocycles. The number of carbonyl (C=O) groups is 1. The number of benzene rings is 1. The minimum Gasteiger partial charge on any atom is -0.368 e. The summed E-state index contributed by atoms with van der Waals surface area (Å²) in [5, 5.41) is 2.94. The molecule has 2 heterocycles. The Kier molecular flexibility index (Phi) is 5.10. The molecule has 1 aromatic carbocycles. The third-order valence-corrected chi connectivity index (χ3v) is 4.81. The molecular weight excluding hydrogens is 321 g/mol. The number of halogens is 3. The summed E-state index contributed by atoms with van der Waals surface area (Å²) in [7, 11) is 0.